The second-order valence-corrected chi connectivity index (χ2v) is 6.14. The van der Waals surface area contributed by atoms with Gasteiger partial charge in [0.1, 0.15) is 0 Å². The predicted molar refractivity (Wildman–Crippen MR) is 96.4 cm³/mol. The van der Waals surface area contributed by atoms with E-state index in [1.54, 1.807) is 0 Å². The fraction of sp³-hybridized carbons (Fsp3) is 0.579. The predicted octanol–water partition coefficient (Wildman–Crippen LogP) is 4.38. The van der Waals surface area contributed by atoms with Gasteiger partial charge in [-0.15, -0.1) is 0 Å². The van der Waals surface area contributed by atoms with E-state index in [9.17, 15) is 0 Å². The van der Waals surface area contributed by atoms with Crippen LogP contribution in [0.4, 0.5) is 5.95 Å². The average molecular weight is 315 g/mol. The van der Waals surface area contributed by atoms with Crippen LogP contribution in [0.5, 0.6) is 0 Å². The fourth-order valence-electron chi connectivity index (χ4n) is 2.84. The molecule has 0 aliphatic heterocycles. The minimum Gasteiger partial charge on any atom is -0.381 e. The molecular formula is C19H29N3O. The molecule has 4 heteroatoms. The normalized spacial score (nSPS) is 12.6. The van der Waals surface area contributed by atoms with Gasteiger partial charge in [0.2, 0.25) is 5.95 Å². The third kappa shape index (κ3) is 5.47. The Kier molecular flexibility index (Phi) is 7.27. The number of para-hydroxylation sites is 1. The summed E-state index contributed by atoms with van der Waals surface area (Å²) in [4.78, 5) is 8.68. The average Bonchev–Trinajstić information content (AvgIpc) is 2.57. The van der Waals surface area contributed by atoms with E-state index in [2.05, 4.69) is 29.9 Å². The minimum absolute atomic E-state index is 0.352. The summed E-state index contributed by atoms with van der Waals surface area (Å²) in [6.07, 6.45) is 6.88. The molecule has 23 heavy (non-hydrogen) atoms. The van der Waals surface area contributed by atoms with Gasteiger partial charge in [-0.05, 0) is 31.2 Å². The van der Waals surface area contributed by atoms with Gasteiger partial charge in [0.25, 0.3) is 0 Å². The van der Waals surface area contributed by atoms with Crippen molar-refractivity contribution < 1.29 is 4.74 Å². The maximum absolute atomic E-state index is 5.87. The molecule has 1 aromatic carbocycles. The van der Waals surface area contributed by atoms with Crippen molar-refractivity contribution in [1.82, 2.24) is 9.97 Å². The third-order valence-corrected chi connectivity index (χ3v) is 4.30. The lowest BCUT2D eigenvalue weighted by molar-refractivity contribution is 0.0922. The molecule has 0 aliphatic carbocycles. The van der Waals surface area contributed by atoms with E-state index < -0.39 is 0 Å². The number of hydrogen-bond acceptors (Lipinski definition) is 4. The minimum atomic E-state index is 0.352. The third-order valence-electron chi connectivity index (χ3n) is 4.30. The lowest BCUT2D eigenvalue weighted by atomic mass is 10.0. The number of anilines is 1. The monoisotopic (exact) mass is 315 g/mol. The molecule has 0 fully saturated rings. The van der Waals surface area contributed by atoms with Crippen LogP contribution in [0.25, 0.3) is 10.9 Å². The van der Waals surface area contributed by atoms with Crippen molar-refractivity contribution in [2.45, 2.75) is 52.4 Å². The van der Waals surface area contributed by atoms with Crippen LogP contribution < -0.4 is 5.73 Å². The topological polar surface area (TPSA) is 61.0 Å². The maximum atomic E-state index is 5.87. The molecular weight excluding hydrogens is 286 g/mol. The van der Waals surface area contributed by atoms with Gasteiger partial charge >= 0.3 is 0 Å². The Balaban J connectivity index is 1.80. The second kappa shape index (κ2) is 9.46. The second-order valence-electron chi connectivity index (χ2n) is 6.14. The van der Waals surface area contributed by atoms with Crippen LogP contribution in [0.1, 0.15) is 51.6 Å². The molecule has 2 rings (SSSR count). The lowest BCUT2D eigenvalue weighted by Crippen LogP contribution is -2.10. The summed E-state index contributed by atoms with van der Waals surface area (Å²) >= 11 is 0. The van der Waals surface area contributed by atoms with E-state index in [1.807, 2.05) is 18.2 Å². The largest absolute Gasteiger partial charge is 0.381 e. The summed E-state index contributed by atoms with van der Waals surface area (Å²) < 4.78 is 5.87. The molecule has 1 aromatic heterocycles. The van der Waals surface area contributed by atoms with Crippen molar-refractivity contribution in [2.24, 2.45) is 5.92 Å². The lowest BCUT2D eigenvalue weighted by Gasteiger charge is -2.14. The molecule has 0 saturated heterocycles. The Morgan fingerprint density at radius 3 is 2.74 bits per heavy atom. The van der Waals surface area contributed by atoms with Gasteiger partial charge in [-0.3, -0.25) is 0 Å². The van der Waals surface area contributed by atoms with Crippen molar-refractivity contribution in [3.63, 3.8) is 0 Å². The van der Waals surface area contributed by atoms with Crippen LogP contribution in [0, 0.1) is 5.92 Å². The number of aromatic nitrogens is 2. The molecule has 1 atom stereocenters. The Hall–Kier alpha value is -1.68. The Morgan fingerprint density at radius 1 is 1.13 bits per heavy atom. The zero-order valence-electron chi connectivity index (χ0n) is 14.4. The molecule has 2 aromatic rings. The SMILES string of the molecule is CCCCC(CC)COCCCc1nc(N)nc2ccccc12. The molecule has 0 amide bonds. The van der Waals surface area contributed by atoms with Crippen molar-refractivity contribution >= 4 is 16.9 Å². The standard InChI is InChI=1S/C19H29N3O/c1-3-5-9-15(4-2)14-23-13-8-12-18-16-10-6-7-11-17(16)21-19(20)22-18/h6-7,10-11,15H,3-5,8-9,12-14H2,1-2H3,(H2,20,21,22). The highest BCUT2D eigenvalue weighted by Gasteiger charge is 2.07. The molecule has 4 nitrogen and oxygen atoms in total. The summed E-state index contributed by atoms with van der Waals surface area (Å²) in [6, 6.07) is 8.03. The van der Waals surface area contributed by atoms with Crippen LogP contribution in [-0.2, 0) is 11.2 Å². The molecule has 126 valence electrons. The van der Waals surface area contributed by atoms with Gasteiger partial charge in [0, 0.05) is 18.6 Å². The molecule has 0 saturated carbocycles. The summed E-state index contributed by atoms with van der Waals surface area (Å²) in [7, 11) is 0. The Bertz CT molecular complexity index is 600. The van der Waals surface area contributed by atoms with Gasteiger partial charge in [0.15, 0.2) is 0 Å². The molecule has 1 heterocycles. The van der Waals surface area contributed by atoms with E-state index in [1.165, 1.54) is 25.7 Å². The van der Waals surface area contributed by atoms with E-state index in [4.69, 9.17) is 10.5 Å². The highest BCUT2D eigenvalue weighted by Crippen LogP contribution is 2.18. The zero-order chi connectivity index (χ0) is 16.5. The van der Waals surface area contributed by atoms with Gasteiger partial charge in [-0.1, -0.05) is 51.3 Å². The quantitative estimate of drug-likeness (QED) is 0.661. The van der Waals surface area contributed by atoms with Gasteiger partial charge < -0.3 is 10.5 Å². The van der Waals surface area contributed by atoms with Crippen LogP contribution in [-0.4, -0.2) is 23.2 Å². The van der Waals surface area contributed by atoms with E-state index in [0.717, 1.165) is 42.7 Å². The van der Waals surface area contributed by atoms with Gasteiger partial charge in [-0.25, -0.2) is 9.97 Å². The van der Waals surface area contributed by atoms with Crippen molar-refractivity contribution in [2.75, 3.05) is 18.9 Å². The number of nitrogen functional groups attached to an aromatic ring is 1. The summed E-state index contributed by atoms with van der Waals surface area (Å²) in [5.74, 6) is 1.05. The number of nitrogens with two attached hydrogens (primary N) is 1. The van der Waals surface area contributed by atoms with Gasteiger partial charge in [-0.2, -0.15) is 0 Å². The van der Waals surface area contributed by atoms with Crippen LogP contribution in [0.2, 0.25) is 0 Å². The van der Waals surface area contributed by atoms with E-state index >= 15 is 0 Å². The first kappa shape index (κ1) is 17.7. The number of unbranched alkanes of at least 4 members (excludes halogenated alkanes) is 1. The summed E-state index contributed by atoms with van der Waals surface area (Å²) in [5.41, 5.74) is 7.75. The highest BCUT2D eigenvalue weighted by molar-refractivity contribution is 5.81. The number of aryl methyl sites for hydroxylation is 1. The molecule has 2 N–H and O–H groups in total. The van der Waals surface area contributed by atoms with Gasteiger partial charge in [0.05, 0.1) is 11.2 Å². The highest BCUT2D eigenvalue weighted by atomic mass is 16.5. The summed E-state index contributed by atoms with van der Waals surface area (Å²) in [5, 5.41) is 1.09. The molecule has 0 spiro atoms. The van der Waals surface area contributed by atoms with Crippen LogP contribution in [0.15, 0.2) is 24.3 Å². The van der Waals surface area contributed by atoms with Crippen LogP contribution >= 0.6 is 0 Å². The first-order valence-corrected chi connectivity index (χ1v) is 8.83. The number of ether oxygens (including phenoxy) is 1. The molecule has 0 radical (unpaired) electrons. The van der Waals surface area contributed by atoms with Crippen molar-refractivity contribution in [3.8, 4) is 0 Å². The van der Waals surface area contributed by atoms with Crippen molar-refractivity contribution in [3.05, 3.63) is 30.0 Å². The van der Waals surface area contributed by atoms with E-state index in [0.29, 0.717) is 11.9 Å². The maximum Gasteiger partial charge on any atom is 0.220 e. The fourth-order valence-corrected chi connectivity index (χ4v) is 2.84. The smallest absolute Gasteiger partial charge is 0.220 e. The van der Waals surface area contributed by atoms with Crippen molar-refractivity contribution in [1.29, 1.82) is 0 Å². The number of benzene rings is 1. The molecule has 0 bridgehead atoms. The number of rotatable bonds is 10. The summed E-state index contributed by atoms with van der Waals surface area (Å²) in [6.45, 7) is 6.15. The molecule has 1 unspecified atom stereocenters. The molecule has 0 aliphatic rings. The zero-order valence-corrected chi connectivity index (χ0v) is 14.4. The number of hydrogen-bond donors (Lipinski definition) is 1. The Labute approximate surface area is 139 Å². The first-order valence-electron chi connectivity index (χ1n) is 8.83. The Morgan fingerprint density at radius 2 is 1.96 bits per heavy atom. The number of nitrogens with zero attached hydrogens (tertiary/aromatic N) is 2. The van der Waals surface area contributed by atoms with E-state index in [-0.39, 0.29) is 0 Å². The number of fused-ring (bicyclic) bond motifs is 1. The van der Waals surface area contributed by atoms with Crippen LogP contribution in [0.3, 0.4) is 0 Å². The first-order chi connectivity index (χ1) is 11.2.